The minimum absolute atomic E-state index is 0.0801. The van der Waals surface area contributed by atoms with Gasteiger partial charge in [-0.2, -0.15) is 0 Å². The molecule has 7 heteroatoms. The third-order valence-corrected chi connectivity index (χ3v) is 5.32. The van der Waals surface area contributed by atoms with Crippen LogP contribution < -0.4 is 5.32 Å². The topological polar surface area (TPSA) is 55.4 Å². The number of amides is 1. The molecule has 1 N–H and O–H groups in total. The number of benzene rings is 1. The SMILES string of the molecule is CC(OC(=O)c1cc2c(s1)CCC2)C(=O)Nc1ccc(F)cc1Cl. The van der Waals surface area contributed by atoms with E-state index >= 15 is 0 Å². The molecule has 0 spiro atoms. The summed E-state index contributed by atoms with van der Waals surface area (Å²) in [6.07, 6.45) is 2.11. The molecule has 0 fully saturated rings. The zero-order chi connectivity index (χ0) is 17.3. The first-order chi connectivity index (χ1) is 11.4. The maximum absolute atomic E-state index is 13.0. The van der Waals surface area contributed by atoms with Crippen LogP contribution in [0.2, 0.25) is 5.02 Å². The van der Waals surface area contributed by atoms with E-state index in [1.54, 1.807) is 0 Å². The van der Waals surface area contributed by atoms with Crippen molar-refractivity contribution in [2.24, 2.45) is 0 Å². The van der Waals surface area contributed by atoms with Crippen molar-refractivity contribution in [2.75, 3.05) is 5.32 Å². The summed E-state index contributed by atoms with van der Waals surface area (Å²) in [6, 6.07) is 5.48. The summed E-state index contributed by atoms with van der Waals surface area (Å²) in [7, 11) is 0. The molecule has 0 saturated carbocycles. The summed E-state index contributed by atoms with van der Waals surface area (Å²) in [4.78, 5) is 26.0. The van der Waals surface area contributed by atoms with Gasteiger partial charge in [0.15, 0.2) is 6.10 Å². The molecule has 1 aliphatic carbocycles. The minimum atomic E-state index is -0.990. The maximum Gasteiger partial charge on any atom is 0.349 e. The lowest BCUT2D eigenvalue weighted by atomic mass is 10.2. The van der Waals surface area contributed by atoms with E-state index in [2.05, 4.69) is 5.32 Å². The van der Waals surface area contributed by atoms with Gasteiger partial charge in [0.1, 0.15) is 10.7 Å². The Hall–Kier alpha value is -1.92. The van der Waals surface area contributed by atoms with E-state index in [9.17, 15) is 14.0 Å². The van der Waals surface area contributed by atoms with Crippen LogP contribution in [-0.4, -0.2) is 18.0 Å². The molecule has 1 aromatic carbocycles. The molecule has 0 radical (unpaired) electrons. The molecule has 1 heterocycles. The van der Waals surface area contributed by atoms with Crippen molar-refractivity contribution in [3.63, 3.8) is 0 Å². The fourth-order valence-corrected chi connectivity index (χ4v) is 3.88. The van der Waals surface area contributed by atoms with Gasteiger partial charge in [0.25, 0.3) is 5.91 Å². The van der Waals surface area contributed by atoms with Crippen molar-refractivity contribution in [2.45, 2.75) is 32.3 Å². The number of esters is 1. The highest BCUT2D eigenvalue weighted by molar-refractivity contribution is 7.14. The Morgan fingerprint density at radius 1 is 1.33 bits per heavy atom. The van der Waals surface area contributed by atoms with Gasteiger partial charge < -0.3 is 10.1 Å². The maximum atomic E-state index is 13.0. The summed E-state index contributed by atoms with van der Waals surface area (Å²) in [5, 5.41) is 2.60. The van der Waals surface area contributed by atoms with Crippen LogP contribution in [0.15, 0.2) is 24.3 Å². The number of carbonyl (C=O) groups is 2. The second-order valence-electron chi connectivity index (χ2n) is 5.57. The average molecular weight is 368 g/mol. The molecule has 1 aromatic heterocycles. The lowest BCUT2D eigenvalue weighted by Crippen LogP contribution is -2.29. The van der Waals surface area contributed by atoms with Crippen LogP contribution in [0.4, 0.5) is 10.1 Å². The summed E-state index contributed by atoms with van der Waals surface area (Å²) in [5.74, 6) is -1.54. The second-order valence-corrected chi connectivity index (χ2v) is 7.12. The zero-order valence-electron chi connectivity index (χ0n) is 12.9. The van der Waals surface area contributed by atoms with Gasteiger partial charge >= 0.3 is 5.97 Å². The number of ether oxygens (including phenoxy) is 1. The molecule has 1 amide bonds. The van der Waals surface area contributed by atoms with E-state index in [-0.39, 0.29) is 10.7 Å². The molecule has 1 unspecified atom stereocenters. The molecule has 0 bridgehead atoms. The van der Waals surface area contributed by atoms with E-state index in [4.69, 9.17) is 16.3 Å². The third kappa shape index (κ3) is 3.60. The Morgan fingerprint density at radius 3 is 2.83 bits per heavy atom. The Labute approximate surface area is 147 Å². The first-order valence-corrected chi connectivity index (χ1v) is 8.72. The van der Waals surface area contributed by atoms with Crippen molar-refractivity contribution in [1.82, 2.24) is 0 Å². The molecule has 4 nitrogen and oxygen atoms in total. The Kier molecular flexibility index (Phi) is 4.87. The Bertz CT molecular complexity index is 784. The quantitative estimate of drug-likeness (QED) is 0.823. The number of anilines is 1. The van der Waals surface area contributed by atoms with Crippen LogP contribution in [0.1, 0.15) is 33.5 Å². The molecule has 1 atom stereocenters. The number of hydrogen-bond acceptors (Lipinski definition) is 4. The lowest BCUT2D eigenvalue weighted by molar-refractivity contribution is -0.123. The van der Waals surface area contributed by atoms with Crippen molar-refractivity contribution in [3.8, 4) is 0 Å². The van der Waals surface area contributed by atoms with Gasteiger partial charge in [0.05, 0.1) is 10.7 Å². The number of thiophene rings is 1. The van der Waals surface area contributed by atoms with Crippen molar-refractivity contribution >= 4 is 40.5 Å². The third-order valence-electron chi connectivity index (χ3n) is 3.79. The summed E-state index contributed by atoms with van der Waals surface area (Å²) >= 11 is 7.28. The normalized spacial score (nSPS) is 14.1. The average Bonchev–Trinajstić information content (AvgIpc) is 3.11. The zero-order valence-corrected chi connectivity index (χ0v) is 14.5. The molecular weight excluding hydrogens is 353 g/mol. The predicted molar refractivity (Wildman–Crippen MR) is 91.3 cm³/mol. The van der Waals surface area contributed by atoms with E-state index in [1.165, 1.54) is 40.8 Å². The van der Waals surface area contributed by atoms with Gasteiger partial charge in [-0.15, -0.1) is 11.3 Å². The van der Waals surface area contributed by atoms with E-state index < -0.39 is 23.8 Å². The van der Waals surface area contributed by atoms with Gasteiger partial charge in [0, 0.05) is 4.88 Å². The highest BCUT2D eigenvalue weighted by atomic mass is 35.5. The van der Waals surface area contributed by atoms with Crippen molar-refractivity contribution in [1.29, 1.82) is 0 Å². The largest absolute Gasteiger partial charge is 0.448 e. The number of fused-ring (bicyclic) bond motifs is 1. The number of carbonyl (C=O) groups excluding carboxylic acids is 2. The molecule has 24 heavy (non-hydrogen) atoms. The predicted octanol–water partition coefficient (Wildman–Crippen LogP) is 4.21. The van der Waals surface area contributed by atoms with Crippen LogP contribution >= 0.6 is 22.9 Å². The number of aryl methyl sites for hydroxylation is 2. The van der Waals surface area contributed by atoms with Gasteiger partial charge in [0.2, 0.25) is 0 Å². The van der Waals surface area contributed by atoms with Gasteiger partial charge in [-0.25, -0.2) is 9.18 Å². The number of halogens is 2. The first-order valence-electron chi connectivity index (χ1n) is 7.52. The first kappa shape index (κ1) is 16.9. The molecule has 1 aliphatic rings. The van der Waals surface area contributed by atoms with E-state index in [1.807, 2.05) is 6.07 Å². The van der Waals surface area contributed by atoms with Crippen molar-refractivity contribution < 1.29 is 18.7 Å². The van der Waals surface area contributed by atoms with Crippen LogP contribution in [0, 0.1) is 5.82 Å². The fraction of sp³-hybridized carbons (Fsp3) is 0.294. The molecule has 3 rings (SSSR count). The Balaban J connectivity index is 1.61. The summed E-state index contributed by atoms with van der Waals surface area (Å²) in [6.45, 7) is 1.48. The molecule has 2 aromatic rings. The number of nitrogens with one attached hydrogen (secondary N) is 1. The number of rotatable bonds is 4. The number of hydrogen-bond donors (Lipinski definition) is 1. The summed E-state index contributed by atoms with van der Waals surface area (Å²) in [5.41, 5.74) is 1.46. The smallest absolute Gasteiger partial charge is 0.349 e. The highest BCUT2D eigenvalue weighted by Gasteiger charge is 2.23. The highest BCUT2D eigenvalue weighted by Crippen LogP contribution is 2.31. The van der Waals surface area contributed by atoms with E-state index in [0.717, 1.165) is 25.3 Å². The molecule has 126 valence electrons. The van der Waals surface area contributed by atoms with Crippen LogP contribution in [0.3, 0.4) is 0 Å². The van der Waals surface area contributed by atoms with E-state index in [0.29, 0.717) is 4.88 Å². The van der Waals surface area contributed by atoms with Crippen LogP contribution in [-0.2, 0) is 22.4 Å². The minimum Gasteiger partial charge on any atom is -0.448 e. The molecule has 0 saturated heterocycles. The monoisotopic (exact) mass is 367 g/mol. The fourth-order valence-electron chi connectivity index (χ4n) is 2.53. The van der Waals surface area contributed by atoms with Gasteiger partial charge in [-0.05, 0) is 56.0 Å². The van der Waals surface area contributed by atoms with Crippen molar-refractivity contribution in [3.05, 3.63) is 50.4 Å². The lowest BCUT2D eigenvalue weighted by Gasteiger charge is -2.13. The standard InChI is InChI=1S/C17H15ClFNO3S/c1-9(16(21)20-13-6-5-11(19)8-12(13)18)23-17(22)15-7-10-3-2-4-14(10)24-15/h5-9H,2-4H2,1H3,(H,20,21). The Morgan fingerprint density at radius 2 is 2.12 bits per heavy atom. The van der Waals surface area contributed by atoms with Gasteiger partial charge in [-0.1, -0.05) is 11.6 Å². The molecular formula is C17H15ClFNO3S. The summed E-state index contributed by atoms with van der Waals surface area (Å²) < 4.78 is 18.2. The van der Waals surface area contributed by atoms with Gasteiger partial charge in [-0.3, -0.25) is 4.79 Å². The second kappa shape index (κ2) is 6.91. The molecule has 0 aliphatic heterocycles. The van der Waals surface area contributed by atoms with Crippen LogP contribution in [0.5, 0.6) is 0 Å². The van der Waals surface area contributed by atoms with Crippen LogP contribution in [0.25, 0.3) is 0 Å².